The summed E-state index contributed by atoms with van der Waals surface area (Å²) in [7, 11) is 0. The molecule has 2 atom stereocenters. The number of hydrogen-bond donors (Lipinski definition) is 1. The molecule has 2 aliphatic rings. The molecule has 0 aromatic heterocycles. The van der Waals surface area contributed by atoms with E-state index in [0.29, 0.717) is 11.5 Å². The van der Waals surface area contributed by atoms with Gasteiger partial charge in [0.15, 0.2) is 0 Å². The van der Waals surface area contributed by atoms with Crippen molar-refractivity contribution in [2.24, 2.45) is 11.3 Å². The molecule has 1 heterocycles. The zero-order valence-electron chi connectivity index (χ0n) is 11.6. The fourth-order valence-corrected chi connectivity index (χ4v) is 3.25. The highest BCUT2D eigenvalue weighted by Crippen LogP contribution is 2.58. The largest absolute Gasteiger partial charge is 0.493 e. The first kappa shape index (κ1) is 12.0. The van der Waals surface area contributed by atoms with Crippen LogP contribution in [0.4, 0.5) is 0 Å². The standard InChI is InChI=1S/C16H23NO/c1-4-17-14(13-10-16(13,2)3)12-7-5-6-11-8-9-18-15(11)12/h5-7,13-14,17H,4,8-10H2,1-3H3. The smallest absolute Gasteiger partial charge is 0.127 e. The van der Waals surface area contributed by atoms with Gasteiger partial charge >= 0.3 is 0 Å². The number of rotatable bonds is 4. The lowest BCUT2D eigenvalue weighted by Crippen LogP contribution is -2.24. The molecular weight excluding hydrogens is 222 g/mol. The van der Waals surface area contributed by atoms with Crippen molar-refractivity contribution >= 4 is 0 Å². The highest BCUT2D eigenvalue weighted by atomic mass is 16.5. The lowest BCUT2D eigenvalue weighted by atomic mass is 9.94. The second-order valence-corrected chi connectivity index (χ2v) is 6.27. The number of para-hydroxylation sites is 1. The summed E-state index contributed by atoms with van der Waals surface area (Å²) in [6.07, 6.45) is 2.38. The van der Waals surface area contributed by atoms with Crippen LogP contribution in [-0.2, 0) is 6.42 Å². The van der Waals surface area contributed by atoms with E-state index in [9.17, 15) is 0 Å². The molecule has 1 aliphatic carbocycles. The van der Waals surface area contributed by atoms with Crippen molar-refractivity contribution < 1.29 is 4.74 Å². The van der Waals surface area contributed by atoms with Gasteiger partial charge in [0.1, 0.15) is 5.75 Å². The van der Waals surface area contributed by atoms with Gasteiger partial charge in [0.2, 0.25) is 0 Å². The maximum Gasteiger partial charge on any atom is 0.127 e. The minimum absolute atomic E-state index is 0.457. The molecule has 0 radical (unpaired) electrons. The quantitative estimate of drug-likeness (QED) is 0.878. The highest BCUT2D eigenvalue weighted by Gasteiger charge is 2.51. The molecule has 18 heavy (non-hydrogen) atoms. The Morgan fingerprint density at radius 2 is 2.22 bits per heavy atom. The number of benzene rings is 1. The number of fused-ring (bicyclic) bond motifs is 1. The van der Waals surface area contributed by atoms with E-state index in [1.54, 1.807) is 0 Å². The van der Waals surface area contributed by atoms with Crippen LogP contribution in [0.25, 0.3) is 0 Å². The van der Waals surface area contributed by atoms with Gasteiger partial charge in [0, 0.05) is 18.0 Å². The fourth-order valence-electron chi connectivity index (χ4n) is 3.25. The SMILES string of the molecule is CCNC(c1cccc2c1OCC2)C1CC1(C)C. The molecule has 0 bridgehead atoms. The minimum Gasteiger partial charge on any atom is -0.493 e. The van der Waals surface area contributed by atoms with E-state index in [0.717, 1.165) is 31.2 Å². The Morgan fingerprint density at radius 3 is 2.89 bits per heavy atom. The normalized spacial score (nSPS) is 25.4. The summed E-state index contributed by atoms with van der Waals surface area (Å²) >= 11 is 0. The molecule has 1 saturated carbocycles. The zero-order chi connectivity index (χ0) is 12.8. The van der Waals surface area contributed by atoms with E-state index in [4.69, 9.17) is 4.74 Å². The molecular formula is C16H23NO. The van der Waals surface area contributed by atoms with Gasteiger partial charge in [-0.2, -0.15) is 0 Å². The molecule has 0 saturated heterocycles. The van der Waals surface area contributed by atoms with Gasteiger partial charge in [-0.1, -0.05) is 39.0 Å². The van der Waals surface area contributed by atoms with Gasteiger partial charge in [0.25, 0.3) is 0 Å². The van der Waals surface area contributed by atoms with Gasteiger partial charge < -0.3 is 10.1 Å². The Hall–Kier alpha value is -1.02. The van der Waals surface area contributed by atoms with Gasteiger partial charge in [0.05, 0.1) is 6.61 Å². The van der Waals surface area contributed by atoms with Crippen molar-refractivity contribution in [3.8, 4) is 5.75 Å². The Labute approximate surface area is 110 Å². The molecule has 1 aliphatic heterocycles. The lowest BCUT2D eigenvalue weighted by molar-refractivity contribution is 0.341. The summed E-state index contributed by atoms with van der Waals surface area (Å²) in [6, 6.07) is 7.08. The van der Waals surface area contributed by atoms with Crippen LogP contribution in [0.2, 0.25) is 0 Å². The van der Waals surface area contributed by atoms with Crippen LogP contribution in [0.3, 0.4) is 0 Å². The molecule has 2 nitrogen and oxygen atoms in total. The predicted molar refractivity (Wildman–Crippen MR) is 73.9 cm³/mol. The third-order valence-electron chi connectivity index (χ3n) is 4.50. The molecule has 0 spiro atoms. The van der Waals surface area contributed by atoms with Crippen LogP contribution in [0.5, 0.6) is 5.75 Å². The van der Waals surface area contributed by atoms with Crippen molar-refractivity contribution in [3.63, 3.8) is 0 Å². The number of ether oxygens (including phenoxy) is 1. The average Bonchev–Trinajstić information content (AvgIpc) is 2.79. The van der Waals surface area contributed by atoms with Crippen molar-refractivity contribution in [1.82, 2.24) is 5.32 Å². The number of nitrogens with one attached hydrogen (secondary N) is 1. The second kappa shape index (κ2) is 4.27. The van der Waals surface area contributed by atoms with Crippen molar-refractivity contribution in [2.45, 2.75) is 39.7 Å². The number of hydrogen-bond acceptors (Lipinski definition) is 2. The zero-order valence-corrected chi connectivity index (χ0v) is 11.6. The summed E-state index contributed by atoms with van der Waals surface area (Å²) < 4.78 is 5.86. The van der Waals surface area contributed by atoms with Crippen LogP contribution in [0.1, 0.15) is 44.4 Å². The Bertz CT molecular complexity index is 452. The molecule has 1 N–H and O–H groups in total. The van der Waals surface area contributed by atoms with Gasteiger partial charge in [-0.05, 0) is 29.9 Å². The van der Waals surface area contributed by atoms with E-state index >= 15 is 0 Å². The van der Waals surface area contributed by atoms with Crippen LogP contribution < -0.4 is 10.1 Å². The van der Waals surface area contributed by atoms with Crippen molar-refractivity contribution in [1.29, 1.82) is 0 Å². The molecule has 2 heteroatoms. The topological polar surface area (TPSA) is 21.3 Å². The molecule has 1 aromatic carbocycles. The summed E-state index contributed by atoms with van der Waals surface area (Å²) in [5, 5.41) is 3.67. The van der Waals surface area contributed by atoms with E-state index in [2.05, 4.69) is 44.3 Å². The average molecular weight is 245 g/mol. The Kier molecular flexibility index (Phi) is 2.86. The van der Waals surface area contributed by atoms with Crippen molar-refractivity contribution in [3.05, 3.63) is 29.3 Å². The first-order chi connectivity index (χ1) is 8.63. The van der Waals surface area contributed by atoms with Crippen LogP contribution >= 0.6 is 0 Å². The summed E-state index contributed by atoms with van der Waals surface area (Å²) in [6.45, 7) is 8.78. The Morgan fingerprint density at radius 1 is 1.44 bits per heavy atom. The van der Waals surface area contributed by atoms with Gasteiger partial charge in [-0.25, -0.2) is 0 Å². The first-order valence-corrected chi connectivity index (χ1v) is 7.11. The van der Waals surface area contributed by atoms with Crippen LogP contribution in [-0.4, -0.2) is 13.2 Å². The summed E-state index contributed by atoms with van der Waals surface area (Å²) in [5.74, 6) is 1.90. The molecule has 98 valence electrons. The van der Waals surface area contributed by atoms with Crippen molar-refractivity contribution in [2.75, 3.05) is 13.2 Å². The third kappa shape index (κ3) is 1.93. The third-order valence-corrected chi connectivity index (χ3v) is 4.50. The summed E-state index contributed by atoms with van der Waals surface area (Å²) in [5.41, 5.74) is 3.24. The molecule has 0 amide bonds. The van der Waals surface area contributed by atoms with Crippen LogP contribution in [0, 0.1) is 11.3 Å². The first-order valence-electron chi connectivity index (χ1n) is 7.11. The molecule has 3 rings (SSSR count). The van der Waals surface area contributed by atoms with E-state index in [1.165, 1.54) is 17.5 Å². The summed E-state index contributed by atoms with van der Waals surface area (Å²) in [4.78, 5) is 0. The molecule has 2 unspecified atom stereocenters. The highest BCUT2D eigenvalue weighted by molar-refractivity contribution is 5.46. The fraction of sp³-hybridized carbons (Fsp3) is 0.625. The monoisotopic (exact) mass is 245 g/mol. The van der Waals surface area contributed by atoms with Gasteiger partial charge in [-0.15, -0.1) is 0 Å². The Balaban J connectivity index is 1.94. The van der Waals surface area contributed by atoms with E-state index in [-0.39, 0.29) is 0 Å². The predicted octanol–water partition coefficient (Wildman–Crippen LogP) is 3.32. The van der Waals surface area contributed by atoms with E-state index in [1.807, 2.05) is 0 Å². The van der Waals surface area contributed by atoms with E-state index < -0.39 is 0 Å². The molecule has 1 fully saturated rings. The van der Waals surface area contributed by atoms with Crippen LogP contribution in [0.15, 0.2) is 18.2 Å². The molecule has 1 aromatic rings. The van der Waals surface area contributed by atoms with Gasteiger partial charge in [-0.3, -0.25) is 0 Å². The second-order valence-electron chi connectivity index (χ2n) is 6.27. The maximum absolute atomic E-state index is 5.86. The lowest BCUT2D eigenvalue weighted by Gasteiger charge is -2.22. The maximum atomic E-state index is 5.86. The minimum atomic E-state index is 0.457.